The van der Waals surface area contributed by atoms with Crippen LogP contribution in [0, 0.1) is 5.92 Å². The Kier molecular flexibility index (Phi) is 5.56. The van der Waals surface area contributed by atoms with Gasteiger partial charge in [-0.15, -0.1) is 0 Å². The van der Waals surface area contributed by atoms with Crippen LogP contribution >= 0.6 is 15.9 Å². The highest BCUT2D eigenvalue weighted by Gasteiger charge is 2.17. The summed E-state index contributed by atoms with van der Waals surface area (Å²) in [5.41, 5.74) is 0.502. The van der Waals surface area contributed by atoms with Gasteiger partial charge in [0.05, 0.1) is 25.0 Å². The molecule has 1 fully saturated rings. The summed E-state index contributed by atoms with van der Waals surface area (Å²) >= 11 is 3.31. The summed E-state index contributed by atoms with van der Waals surface area (Å²) in [5.74, 6) is 0.598. The van der Waals surface area contributed by atoms with Crippen LogP contribution in [0.25, 0.3) is 0 Å². The number of rotatable bonds is 5. The molecule has 1 aromatic rings. The van der Waals surface area contributed by atoms with E-state index in [1.807, 2.05) is 0 Å². The highest BCUT2D eigenvalue weighted by Crippen LogP contribution is 2.19. The molecule has 1 unspecified atom stereocenters. The Bertz CT molecular complexity index is 506. The van der Waals surface area contributed by atoms with Gasteiger partial charge in [-0.25, -0.2) is 4.68 Å². The molecular formula is C13H21BrN4O2. The first-order valence-electron chi connectivity index (χ1n) is 6.90. The van der Waals surface area contributed by atoms with Crippen molar-refractivity contribution in [2.24, 2.45) is 5.92 Å². The molecule has 0 aromatic carbocycles. The van der Waals surface area contributed by atoms with Gasteiger partial charge in [0.2, 0.25) is 0 Å². The van der Waals surface area contributed by atoms with Crippen molar-refractivity contribution < 1.29 is 5.11 Å². The normalized spacial score (nSPS) is 20.1. The maximum absolute atomic E-state index is 12.0. The number of nitrogens with zero attached hydrogens (tertiary/aromatic N) is 3. The predicted octanol–water partition coefficient (Wildman–Crippen LogP) is 0.752. The Morgan fingerprint density at radius 3 is 3.10 bits per heavy atom. The number of aromatic nitrogens is 2. The predicted molar refractivity (Wildman–Crippen MR) is 82.0 cm³/mol. The second kappa shape index (κ2) is 7.19. The van der Waals surface area contributed by atoms with Crippen molar-refractivity contribution in [2.75, 3.05) is 38.6 Å². The van der Waals surface area contributed by atoms with Crippen molar-refractivity contribution in [3.63, 3.8) is 0 Å². The summed E-state index contributed by atoms with van der Waals surface area (Å²) in [6.07, 6.45) is 4.07. The van der Waals surface area contributed by atoms with E-state index in [2.05, 4.69) is 38.3 Å². The fraction of sp³-hybridized carbons (Fsp3) is 0.692. The third-order valence-corrected chi connectivity index (χ3v) is 4.37. The van der Waals surface area contributed by atoms with Crippen LogP contribution in [0.1, 0.15) is 12.8 Å². The van der Waals surface area contributed by atoms with Crippen LogP contribution in [0.4, 0.5) is 5.69 Å². The molecular weight excluding hydrogens is 324 g/mol. The largest absolute Gasteiger partial charge is 0.394 e. The van der Waals surface area contributed by atoms with E-state index in [1.54, 1.807) is 6.20 Å². The van der Waals surface area contributed by atoms with Crippen molar-refractivity contribution >= 4 is 21.6 Å². The van der Waals surface area contributed by atoms with E-state index < -0.39 is 0 Å². The minimum atomic E-state index is -0.218. The zero-order valence-corrected chi connectivity index (χ0v) is 13.3. The number of piperidine rings is 1. The van der Waals surface area contributed by atoms with Gasteiger partial charge in [-0.2, -0.15) is 5.10 Å². The van der Waals surface area contributed by atoms with Crippen LogP contribution < -0.4 is 10.9 Å². The number of hydrogen-bond acceptors (Lipinski definition) is 5. The number of aliphatic hydroxyl groups is 1. The van der Waals surface area contributed by atoms with Gasteiger partial charge in [-0.05, 0) is 48.3 Å². The molecule has 7 heteroatoms. The molecule has 2 N–H and O–H groups in total. The first-order chi connectivity index (χ1) is 9.61. The number of hydrogen-bond donors (Lipinski definition) is 2. The van der Waals surface area contributed by atoms with Gasteiger partial charge in [0.25, 0.3) is 5.56 Å². The Morgan fingerprint density at radius 2 is 2.40 bits per heavy atom. The summed E-state index contributed by atoms with van der Waals surface area (Å²) in [6.45, 7) is 3.21. The van der Waals surface area contributed by atoms with E-state index >= 15 is 0 Å². The van der Waals surface area contributed by atoms with Crippen LogP contribution in [0.2, 0.25) is 0 Å². The topological polar surface area (TPSA) is 70.4 Å². The first-order valence-corrected chi connectivity index (χ1v) is 7.70. The quantitative estimate of drug-likeness (QED) is 0.824. The molecule has 0 radical (unpaired) electrons. The molecule has 20 heavy (non-hydrogen) atoms. The highest BCUT2D eigenvalue weighted by molar-refractivity contribution is 9.10. The van der Waals surface area contributed by atoms with Gasteiger partial charge < -0.3 is 15.3 Å². The molecule has 1 aliphatic heterocycles. The Hall–Kier alpha value is -0.920. The van der Waals surface area contributed by atoms with Gasteiger partial charge in [-0.3, -0.25) is 4.79 Å². The van der Waals surface area contributed by atoms with Crippen molar-refractivity contribution in [2.45, 2.75) is 19.4 Å². The fourth-order valence-corrected chi connectivity index (χ4v) is 2.98. The average molecular weight is 345 g/mol. The Balaban J connectivity index is 1.99. The number of halogens is 1. The molecule has 2 heterocycles. The summed E-state index contributed by atoms with van der Waals surface area (Å²) in [7, 11) is 2.14. The molecule has 0 amide bonds. The fourth-order valence-electron chi connectivity index (χ4n) is 2.54. The number of anilines is 1. The smallest absolute Gasteiger partial charge is 0.283 e. The summed E-state index contributed by atoms with van der Waals surface area (Å²) in [6, 6.07) is 0. The third-order valence-electron chi connectivity index (χ3n) is 3.60. The molecule has 1 aliphatic rings. The van der Waals surface area contributed by atoms with Crippen LogP contribution in [0.5, 0.6) is 0 Å². The zero-order chi connectivity index (χ0) is 14.5. The minimum absolute atomic E-state index is 0.0967. The van der Waals surface area contributed by atoms with Gasteiger partial charge in [0.1, 0.15) is 4.47 Å². The van der Waals surface area contributed by atoms with Gasteiger partial charge >= 0.3 is 0 Å². The lowest BCUT2D eigenvalue weighted by atomic mass is 9.98. The molecule has 112 valence electrons. The van der Waals surface area contributed by atoms with Gasteiger partial charge in [-0.1, -0.05) is 0 Å². The number of likely N-dealkylation sites (tertiary alicyclic amines) is 1. The molecule has 0 spiro atoms. The Labute approximate surface area is 126 Å². The zero-order valence-electron chi connectivity index (χ0n) is 11.7. The Morgan fingerprint density at radius 1 is 1.60 bits per heavy atom. The third kappa shape index (κ3) is 3.80. The van der Waals surface area contributed by atoms with E-state index in [0.717, 1.165) is 18.8 Å². The lowest BCUT2D eigenvalue weighted by Crippen LogP contribution is -2.35. The lowest BCUT2D eigenvalue weighted by molar-refractivity contribution is 0.217. The van der Waals surface area contributed by atoms with Crippen molar-refractivity contribution in [1.82, 2.24) is 14.7 Å². The number of aliphatic hydroxyl groups excluding tert-OH is 1. The summed E-state index contributed by atoms with van der Waals surface area (Å²) in [4.78, 5) is 14.3. The molecule has 2 rings (SSSR count). The van der Waals surface area contributed by atoms with Crippen molar-refractivity contribution in [3.8, 4) is 0 Å². The second-order valence-corrected chi connectivity index (χ2v) is 6.07. The highest BCUT2D eigenvalue weighted by atomic mass is 79.9. The van der Waals surface area contributed by atoms with E-state index in [-0.39, 0.29) is 18.7 Å². The molecule has 0 saturated carbocycles. The van der Waals surface area contributed by atoms with Crippen molar-refractivity contribution in [1.29, 1.82) is 0 Å². The van der Waals surface area contributed by atoms with E-state index in [9.17, 15) is 4.79 Å². The maximum Gasteiger partial charge on any atom is 0.283 e. The molecule has 1 aromatic heterocycles. The SMILES string of the molecule is CN1CCCC(CNc2cnn(CCO)c(=O)c2Br)C1. The molecule has 0 bridgehead atoms. The molecule has 1 saturated heterocycles. The molecule has 1 atom stereocenters. The van der Waals surface area contributed by atoms with Crippen LogP contribution in [0.3, 0.4) is 0 Å². The van der Waals surface area contributed by atoms with E-state index in [1.165, 1.54) is 24.1 Å². The van der Waals surface area contributed by atoms with Crippen LogP contribution in [-0.4, -0.2) is 53.1 Å². The second-order valence-electron chi connectivity index (χ2n) is 5.28. The molecule has 0 aliphatic carbocycles. The lowest BCUT2D eigenvalue weighted by Gasteiger charge is -2.30. The summed E-state index contributed by atoms with van der Waals surface area (Å²) in [5, 5.41) is 16.2. The van der Waals surface area contributed by atoms with E-state index in [4.69, 9.17) is 5.11 Å². The summed E-state index contributed by atoms with van der Waals surface area (Å²) < 4.78 is 1.73. The number of nitrogens with one attached hydrogen (secondary N) is 1. The standard InChI is InChI=1S/C13H21BrN4O2/c1-17-4-2-3-10(9-17)7-15-11-8-16-18(5-6-19)13(20)12(11)14/h8,10,15,19H,2-7,9H2,1H3. The van der Waals surface area contributed by atoms with Gasteiger partial charge in [0, 0.05) is 13.1 Å². The maximum atomic E-state index is 12.0. The van der Waals surface area contributed by atoms with Crippen LogP contribution in [0.15, 0.2) is 15.5 Å². The first kappa shape index (κ1) is 15.5. The van der Waals surface area contributed by atoms with Gasteiger partial charge in [0.15, 0.2) is 0 Å². The molecule has 6 nitrogen and oxygen atoms in total. The minimum Gasteiger partial charge on any atom is -0.394 e. The van der Waals surface area contributed by atoms with Crippen molar-refractivity contribution in [3.05, 3.63) is 21.0 Å². The average Bonchev–Trinajstić information content (AvgIpc) is 2.43. The van der Waals surface area contributed by atoms with E-state index in [0.29, 0.717) is 10.4 Å². The van der Waals surface area contributed by atoms with Crippen LogP contribution in [-0.2, 0) is 6.54 Å². The monoisotopic (exact) mass is 344 g/mol.